The van der Waals surface area contributed by atoms with E-state index >= 15 is 0 Å². The number of hydrogen-bond donors (Lipinski definition) is 1. The van der Waals surface area contributed by atoms with E-state index in [1.807, 2.05) is 59.5 Å². The number of benzene rings is 3. The fraction of sp³-hybridized carbons (Fsp3) is 0.214. The first-order valence-corrected chi connectivity index (χ1v) is 12.1. The van der Waals surface area contributed by atoms with Crippen molar-refractivity contribution in [2.45, 2.75) is 24.7 Å². The molecule has 6 nitrogen and oxygen atoms in total. The molecule has 35 heavy (non-hydrogen) atoms. The molecular formula is C28H28N2O4S. The van der Waals surface area contributed by atoms with Crippen molar-refractivity contribution in [3.05, 3.63) is 100.0 Å². The van der Waals surface area contributed by atoms with Crippen LogP contribution in [0.2, 0.25) is 0 Å². The van der Waals surface area contributed by atoms with Crippen LogP contribution in [0, 0.1) is 6.92 Å². The van der Waals surface area contributed by atoms with Crippen molar-refractivity contribution >= 4 is 35.3 Å². The Hall–Kier alpha value is -3.39. The number of nitrogens with zero attached hydrogens (tertiary/aromatic N) is 1. The molecule has 1 aliphatic rings. The van der Waals surface area contributed by atoms with Gasteiger partial charge in [-0.1, -0.05) is 60.3 Å². The van der Waals surface area contributed by atoms with Crippen LogP contribution in [0.3, 0.4) is 0 Å². The predicted molar refractivity (Wildman–Crippen MR) is 139 cm³/mol. The van der Waals surface area contributed by atoms with Gasteiger partial charge >= 0.3 is 0 Å². The summed E-state index contributed by atoms with van der Waals surface area (Å²) < 4.78 is 10.2. The van der Waals surface area contributed by atoms with Crippen molar-refractivity contribution in [3.8, 4) is 0 Å². The molecule has 0 radical (unpaired) electrons. The van der Waals surface area contributed by atoms with Crippen molar-refractivity contribution in [2.24, 2.45) is 0 Å². The Kier molecular flexibility index (Phi) is 8.02. The lowest BCUT2D eigenvalue weighted by atomic mass is 10.1. The summed E-state index contributed by atoms with van der Waals surface area (Å²) in [6.45, 7) is 2.81. The molecule has 1 N–H and O–H groups in total. The number of anilines is 1. The molecule has 3 aromatic carbocycles. The molecule has 1 heterocycles. The Bertz CT molecular complexity index is 1240. The summed E-state index contributed by atoms with van der Waals surface area (Å²) in [5, 5.41) is 2.78. The van der Waals surface area contributed by atoms with E-state index < -0.39 is 6.29 Å². The van der Waals surface area contributed by atoms with Crippen LogP contribution in [-0.2, 0) is 20.8 Å². The Morgan fingerprint density at radius 1 is 1.00 bits per heavy atom. The minimum absolute atomic E-state index is 0.0380. The molecule has 2 amide bonds. The fourth-order valence-corrected chi connectivity index (χ4v) is 4.86. The van der Waals surface area contributed by atoms with Gasteiger partial charge in [-0.25, -0.2) is 0 Å². The third-order valence-corrected chi connectivity index (χ3v) is 6.92. The average Bonchev–Trinajstić information content (AvgIpc) is 2.88. The maximum absolute atomic E-state index is 13.5. The molecule has 0 unspecified atom stereocenters. The lowest BCUT2D eigenvalue weighted by molar-refractivity contribution is -0.114. The topological polar surface area (TPSA) is 67.9 Å². The Labute approximate surface area is 209 Å². The van der Waals surface area contributed by atoms with Gasteiger partial charge in [-0.05, 0) is 54.0 Å². The third kappa shape index (κ3) is 5.82. The van der Waals surface area contributed by atoms with Gasteiger partial charge in [0.2, 0.25) is 0 Å². The summed E-state index contributed by atoms with van der Waals surface area (Å²) in [7, 11) is 3.04. The van der Waals surface area contributed by atoms with Gasteiger partial charge in [0.05, 0.1) is 23.7 Å². The molecule has 0 atom stereocenters. The van der Waals surface area contributed by atoms with Crippen molar-refractivity contribution in [3.63, 3.8) is 0 Å². The van der Waals surface area contributed by atoms with Crippen LogP contribution in [0.25, 0.3) is 6.08 Å². The van der Waals surface area contributed by atoms with Gasteiger partial charge in [0.25, 0.3) is 11.8 Å². The van der Waals surface area contributed by atoms with Crippen molar-refractivity contribution in [2.75, 3.05) is 25.7 Å². The van der Waals surface area contributed by atoms with E-state index in [0.29, 0.717) is 17.0 Å². The third-order valence-electron chi connectivity index (χ3n) is 5.85. The zero-order valence-corrected chi connectivity index (χ0v) is 20.8. The standard InChI is InChI=1S/C28H28N2O4S/c1-19-8-4-5-9-22(19)18-30-23-10-6-7-11-24(23)35-25(28(30)32)16-20-12-14-21(15-13-20)27(31)29-17-26(33-2)34-3/h4-16,26H,17-18H2,1-3H3,(H,29,31). The monoisotopic (exact) mass is 488 g/mol. The second kappa shape index (κ2) is 11.4. The van der Waals surface area contributed by atoms with Crippen molar-refractivity contribution in [1.82, 2.24) is 5.32 Å². The van der Waals surface area contributed by atoms with Crippen LogP contribution in [0.15, 0.2) is 82.6 Å². The van der Waals surface area contributed by atoms with Gasteiger partial charge in [-0.15, -0.1) is 0 Å². The SMILES string of the molecule is COC(CNC(=O)c1ccc(C=C2Sc3ccccc3N(Cc3ccccc3C)C2=O)cc1)OC. The van der Waals surface area contributed by atoms with E-state index in [9.17, 15) is 9.59 Å². The molecule has 0 bridgehead atoms. The van der Waals surface area contributed by atoms with Crippen molar-refractivity contribution < 1.29 is 19.1 Å². The highest BCUT2D eigenvalue weighted by molar-refractivity contribution is 8.04. The lowest BCUT2D eigenvalue weighted by Crippen LogP contribution is -2.34. The molecule has 7 heteroatoms. The second-order valence-electron chi connectivity index (χ2n) is 8.13. The first-order valence-electron chi connectivity index (χ1n) is 11.3. The summed E-state index contributed by atoms with van der Waals surface area (Å²) in [6.07, 6.45) is 1.38. The number of amides is 2. The van der Waals surface area contributed by atoms with E-state index in [1.165, 1.54) is 26.0 Å². The number of aryl methyl sites for hydroxylation is 1. The predicted octanol–water partition coefficient (Wildman–Crippen LogP) is 5.02. The highest BCUT2D eigenvalue weighted by Crippen LogP contribution is 2.42. The number of carbonyl (C=O) groups excluding carboxylic acids is 2. The Morgan fingerprint density at radius 2 is 1.69 bits per heavy atom. The number of methoxy groups -OCH3 is 2. The summed E-state index contributed by atoms with van der Waals surface area (Å²) in [5.41, 5.74) is 4.55. The van der Waals surface area contributed by atoms with Gasteiger partial charge in [0.15, 0.2) is 6.29 Å². The Balaban J connectivity index is 1.55. The molecule has 0 aromatic heterocycles. The number of carbonyl (C=O) groups is 2. The molecule has 3 aromatic rings. The number of hydrogen-bond acceptors (Lipinski definition) is 5. The zero-order valence-electron chi connectivity index (χ0n) is 20.0. The molecule has 0 saturated heterocycles. The van der Waals surface area contributed by atoms with Crippen LogP contribution in [0.4, 0.5) is 5.69 Å². The maximum Gasteiger partial charge on any atom is 0.265 e. The number of thioether (sulfide) groups is 1. The first-order chi connectivity index (χ1) is 17.0. The minimum atomic E-state index is -0.497. The van der Waals surface area contributed by atoms with E-state index in [-0.39, 0.29) is 18.4 Å². The number of para-hydroxylation sites is 1. The molecule has 4 rings (SSSR count). The molecule has 0 spiro atoms. The van der Waals surface area contributed by atoms with Gasteiger partial charge < -0.3 is 19.7 Å². The van der Waals surface area contributed by atoms with Crippen LogP contribution in [0.1, 0.15) is 27.0 Å². The summed E-state index contributed by atoms with van der Waals surface area (Å²) >= 11 is 1.47. The number of fused-ring (bicyclic) bond motifs is 1. The van der Waals surface area contributed by atoms with E-state index in [1.54, 1.807) is 12.1 Å². The second-order valence-corrected chi connectivity index (χ2v) is 9.21. The summed E-state index contributed by atoms with van der Waals surface area (Å²) in [5.74, 6) is -0.256. The normalized spacial score (nSPS) is 14.3. The zero-order chi connectivity index (χ0) is 24.8. The first kappa shape index (κ1) is 24.7. The van der Waals surface area contributed by atoms with E-state index in [4.69, 9.17) is 9.47 Å². The lowest BCUT2D eigenvalue weighted by Gasteiger charge is -2.31. The van der Waals surface area contributed by atoms with E-state index in [2.05, 4.69) is 24.4 Å². The maximum atomic E-state index is 13.5. The highest BCUT2D eigenvalue weighted by Gasteiger charge is 2.29. The highest BCUT2D eigenvalue weighted by atomic mass is 32.2. The van der Waals surface area contributed by atoms with Crippen LogP contribution in [-0.4, -0.2) is 38.9 Å². The van der Waals surface area contributed by atoms with Gasteiger partial charge in [-0.3, -0.25) is 9.59 Å². The quantitative estimate of drug-likeness (QED) is 0.356. The average molecular weight is 489 g/mol. The van der Waals surface area contributed by atoms with Crippen LogP contribution < -0.4 is 10.2 Å². The minimum Gasteiger partial charge on any atom is -0.354 e. The fourth-order valence-electron chi connectivity index (χ4n) is 3.80. The van der Waals surface area contributed by atoms with Crippen molar-refractivity contribution in [1.29, 1.82) is 0 Å². The molecule has 0 fully saturated rings. The smallest absolute Gasteiger partial charge is 0.265 e. The van der Waals surface area contributed by atoms with Crippen LogP contribution in [0.5, 0.6) is 0 Å². The van der Waals surface area contributed by atoms with E-state index in [0.717, 1.165) is 27.3 Å². The molecule has 0 aliphatic carbocycles. The van der Waals surface area contributed by atoms with Gasteiger partial charge in [0, 0.05) is 24.7 Å². The largest absolute Gasteiger partial charge is 0.354 e. The molecule has 180 valence electrons. The molecule has 0 saturated carbocycles. The number of nitrogens with one attached hydrogen (secondary N) is 1. The number of ether oxygens (including phenoxy) is 2. The Morgan fingerprint density at radius 3 is 2.40 bits per heavy atom. The van der Waals surface area contributed by atoms with Crippen LogP contribution >= 0.6 is 11.8 Å². The van der Waals surface area contributed by atoms with Gasteiger partial charge in [0.1, 0.15) is 0 Å². The summed E-state index contributed by atoms with van der Waals surface area (Å²) in [6, 6.07) is 23.2. The molecule has 1 aliphatic heterocycles. The number of rotatable bonds is 8. The molecular weight excluding hydrogens is 460 g/mol. The van der Waals surface area contributed by atoms with Gasteiger partial charge in [-0.2, -0.15) is 0 Å². The summed E-state index contributed by atoms with van der Waals surface area (Å²) in [4.78, 5) is 29.5.